The van der Waals surface area contributed by atoms with Crippen molar-refractivity contribution < 1.29 is 13.6 Å². The maximum absolute atomic E-state index is 14.5. The number of halogens is 2. The first-order chi connectivity index (χ1) is 12.6. The van der Waals surface area contributed by atoms with Gasteiger partial charge in [-0.2, -0.15) is 0 Å². The van der Waals surface area contributed by atoms with E-state index in [2.05, 4.69) is 5.32 Å². The standard InChI is InChI=1S/C21H22F2N2O/c22-18-12-15(13-19(23)20(18)25-10-3-4-11-25)24-21(26)17-9-5-7-14-6-1-2-8-16(14)17/h1-2,6,8,12-13,17H,3-5,7,9-11H2,(H,24,26). The molecule has 1 N–H and O–H groups in total. The van der Waals surface area contributed by atoms with E-state index in [1.807, 2.05) is 24.3 Å². The van der Waals surface area contributed by atoms with Crippen LogP contribution in [0.3, 0.4) is 0 Å². The van der Waals surface area contributed by atoms with Gasteiger partial charge in [-0.3, -0.25) is 4.79 Å². The molecule has 1 heterocycles. The number of rotatable bonds is 3. The molecule has 136 valence electrons. The second-order valence-corrected chi connectivity index (χ2v) is 7.12. The molecule has 1 atom stereocenters. The van der Waals surface area contributed by atoms with Gasteiger partial charge < -0.3 is 10.2 Å². The van der Waals surface area contributed by atoms with Crippen LogP contribution in [0.15, 0.2) is 36.4 Å². The first-order valence-corrected chi connectivity index (χ1v) is 9.26. The average Bonchev–Trinajstić information content (AvgIpc) is 3.14. The van der Waals surface area contributed by atoms with Crippen molar-refractivity contribution >= 4 is 17.3 Å². The summed E-state index contributed by atoms with van der Waals surface area (Å²) in [6.45, 7) is 1.33. The summed E-state index contributed by atoms with van der Waals surface area (Å²) in [5, 5.41) is 2.71. The van der Waals surface area contributed by atoms with Gasteiger partial charge in [0.25, 0.3) is 0 Å². The van der Waals surface area contributed by atoms with Gasteiger partial charge in [0.2, 0.25) is 5.91 Å². The van der Waals surface area contributed by atoms with E-state index in [1.54, 1.807) is 4.90 Å². The summed E-state index contributed by atoms with van der Waals surface area (Å²) in [5.41, 5.74) is 2.39. The maximum Gasteiger partial charge on any atom is 0.231 e. The van der Waals surface area contributed by atoms with Crippen LogP contribution >= 0.6 is 0 Å². The summed E-state index contributed by atoms with van der Waals surface area (Å²) >= 11 is 0. The van der Waals surface area contributed by atoms with E-state index in [0.717, 1.165) is 37.7 Å². The molecule has 3 nitrogen and oxygen atoms in total. The zero-order valence-corrected chi connectivity index (χ0v) is 14.6. The zero-order chi connectivity index (χ0) is 18.1. The monoisotopic (exact) mass is 356 g/mol. The predicted octanol–water partition coefficient (Wildman–Crippen LogP) is 4.62. The fourth-order valence-electron chi connectivity index (χ4n) is 4.14. The van der Waals surface area contributed by atoms with E-state index in [-0.39, 0.29) is 23.2 Å². The van der Waals surface area contributed by atoms with Crippen LogP contribution in [0.5, 0.6) is 0 Å². The molecule has 1 aliphatic heterocycles. The second kappa shape index (κ2) is 7.06. The number of hydrogen-bond donors (Lipinski definition) is 1. The van der Waals surface area contributed by atoms with Crippen molar-refractivity contribution in [3.05, 3.63) is 59.2 Å². The lowest BCUT2D eigenvalue weighted by Crippen LogP contribution is -2.25. The van der Waals surface area contributed by atoms with Crippen LogP contribution in [0.25, 0.3) is 0 Å². The fourth-order valence-corrected chi connectivity index (χ4v) is 4.14. The van der Waals surface area contributed by atoms with Crippen LogP contribution in [0.1, 0.15) is 42.7 Å². The SMILES string of the molecule is O=C(Nc1cc(F)c(N2CCCC2)c(F)c1)C1CCCc2ccccc21. The molecule has 1 saturated heterocycles. The van der Waals surface area contributed by atoms with Gasteiger partial charge in [0, 0.05) is 18.8 Å². The minimum absolute atomic E-state index is 0.0171. The highest BCUT2D eigenvalue weighted by atomic mass is 19.1. The summed E-state index contributed by atoms with van der Waals surface area (Å²) in [6.07, 6.45) is 4.54. The molecule has 0 bridgehead atoms. The quantitative estimate of drug-likeness (QED) is 0.870. The Balaban J connectivity index is 1.55. The van der Waals surface area contributed by atoms with Crippen molar-refractivity contribution in [2.24, 2.45) is 0 Å². The third kappa shape index (κ3) is 3.18. The minimum Gasteiger partial charge on any atom is -0.367 e. The summed E-state index contributed by atoms with van der Waals surface area (Å²) in [7, 11) is 0. The minimum atomic E-state index is -0.619. The van der Waals surface area contributed by atoms with Crippen LogP contribution in [0.4, 0.5) is 20.2 Å². The summed E-state index contributed by atoms with van der Waals surface area (Å²) in [6, 6.07) is 10.4. The molecule has 1 fully saturated rings. The molecule has 0 aromatic heterocycles. The highest BCUT2D eigenvalue weighted by Gasteiger charge is 2.27. The highest BCUT2D eigenvalue weighted by molar-refractivity contribution is 5.96. The molecular formula is C21H22F2N2O. The van der Waals surface area contributed by atoms with Gasteiger partial charge in [-0.25, -0.2) is 8.78 Å². The Kier molecular flexibility index (Phi) is 4.62. The Hall–Kier alpha value is -2.43. The number of hydrogen-bond acceptors (Lipinski definition) is 2. The number of carbonyl (C=O) groups excluding carboxylic acids is 1. The molecule has 2 aromatic rings. The first-order valence-electron chi connectivity index (χ1n) is 9.26. The van der Waals surface area contributed by atoms with E-state index >= 15 is 0 Å². The predicted molar refractivity (Wildman–Crippen MR) is 98.6 cm³/mol. The normalized spacial score (nSPS) is 19.3. The first kappa shape index (κ1) is 17.0. The van der Waals surface area contributed by atoms with Crippen LogP contribution in [0.2, 0.25) is 0 Å². The molecule has 1 aliphatic carbocycles. The van der Waals surface area contributed by atoms with Gasteiger partial charge in [0.05, 0.1) is 5.92 Å². The summed E-state index contributed by atoms with van der Waals surface area (Å²) < 4.78 is 28.9. The fraction of sp³-hybridized carbons (Fsp3) is 0.381. The van der Waals surface area contributed by atoms with Crippen molar-refractivity contribution in [1.29, 1.82) is 0 Å². The lowest BCUT2D eigenvalue weighted by Gasteiger charge is -2.25. The smallest absolute Gasteiger partial charge is 0.231 e. The molecule has 2 aliphatic rings. The van der Waals surface area contributed by atoms with Gasteiger partial charge in [-0.1, -0.05) is 24.3 Å². The number of anilines is 2. The number of amides is 1. The van der Waals surface area contributed by atoms with Gasteiger partial charge in [0.15, 0.2) is 11.6 Å². The topological polar surface area (TPSA) is 32.3 Å². The average molecular weight is 356 g/mol. The van der Waals surface area contributed by atoms with Crippen LogP contribution < -0.4 is 10.2 Å². The van der Waals surface area contributed by atoms with E-state index in [4.69, 9.17) is 0 Å². The lowest BCUT2D eigenvalue weighted by atomic mass is 9.82. The Bertz CT molecular complexity index is 808. The largest absolute Gasteiger partial charge is 0.367 e. The molecule has 4 rings (SSSR count). The summed E-state index contributed by atoms with van der Waals surface area (Å²) in [5.74, 6) is -1.72. The molecule has 5 heteroatoms. The molecule has 1 unspecified atom stereocenters. The Labute approximate surface area is 152 Å². The third-order valence-electron chi connectivity index (χ3n) is 5.39. The van der Waals surface area contributed by atoms with Crippen LogP contribution in [0, 0.1) is 11.6 Å². The molecule has 2 aromatic carbocycles. The molecule has 26 heavy (non-hydrogen) atoms. The second-order valence-electron chi connectivity index (χ2n) is 7.12. The summed E-state index contributed by atoms with van der Waals surface area (Å²) in [4.78, 5) is 14.5. The molecule has 1 amide bonds. The maximum atomic E-state index is 14.5. The number of aryl methyl sites for hydroxylation is 1. The van der Waals surface area contributed by atoms with Gasteiger partial charge in [0.1, 0.15) is 5.69 Å². The van der Waals surface area contributed by atoms with Crippen molar-refractivity contribution in [2.75, 3.05) is 23.3 Å². The Morgan fingerprint density at radius 3 is 2.46 bits per heavy atom. The number of nitrogens with one attached hydrogen (secondary N) is 1. The van der Waals surface area contributed by atoms with E-state index < -0.39 is 11.6 Å². The van der Waals surface area contributed by atoms with Crippen molar-refractivity contribution in [3.63, 3.8) is 0 Å². The number of fused-ring (bicyclic) bond motifs is 1. The Morgan fingerprint density at radius 2 is 1.73 bits per heavy atom. The molecule has 0 radical (unpaired) electrons. The van der Waals surface area contributed by atoms with Crippen molar-refractivity contribution in [2.45, 2.75) is 38.0 Å². The number of carbonyl (C=O) groups is 1. The lowest BCUT2D eigenvalue weighted by molar-refractivity contribution is -0.117. The zero-order valence-electron chi connectivity index (χ0n) is 14.6. The third-order valence-corrected chi connectivity index (χ3v) is 5.39. The van der Waals surface area contributed by atoms with E-state index in [0.29, 0.717) is 13.1 Å². The molecule has 0 saturated carbocycles. The van der Waals surface area contributed by atoms with Gasteiger partial charge in [-0.15, -0.1) is 0 Å². The molecule has 0 spiro atoms. The van der Waals surface area contributed by atoms with Crippen molar-refractivity contribution in [3.8, 4) is 0 Å². The molecular weight excluding hydrogens is 334 g/mol. The van der Waals surface area contributed by atoms with Crippen molar-refractivity contribution in [1.82, 2.24) is 0 Å². The number of benzene rings is 2. The van der Waals surface area contributed by atoms with E-state index in [1.165, 1.54) is 17.7 Å². The number of nitrogens with zero attached hydrogens (tertiary/aromatic N) is 1. The van der Waals surface area contributed by atoms with Crippen LogP contribution in [-0.2, 0) is 11.2 Å². The highest BCUT2D eigenvalue weighted by Crippen LogP contribution is 2.34. The van der Waals surface area contributed by atoms with Gasteiger partial charge in [-0.05, 0) is 55.4 Å². The van der Waals surface area contributed by atoms with E-state index in [9.17, 15) is 13.6 Å². The Morgan fingerprint density at radius 1 is 1.04 bits per heavy atom. The van der Waals surface area contributed by atoms with Crippen LogP contribution in [-0.4, -0.2) is 19.0 Å². The van der Waals surface area contributed by atoms with Gasteiger partial charge >= 0.3 is 0 Å².